The van der Waals surface area contributed by atoms with Crippen molar-refractivity contribution in [2.24, 2.45) is 11.8 Å². The third-order valence-corrected chi connectivity index (χ3v) is 5.44. The lowest BCUT2D eigenvalue weighted by atomic mass is 10.1. The molecule has 0 bridgehead atoms. The smallest absolute Gasteiger partial charge is 0.185 e. The van der Waals surface area contributed by atoms with E-state index in [0.29, 0.717) is 17.9 Å². The number of rotatable bonds is 6. The van der Waals surface area contributed by atoms with Crippen molar-refractivity contribution in [1.82, 2.24) is 15.2 Å². The first-order valence-electron chi connectivity index (χ1n) is 7.96. The van der Waals surface area contributed by atoms with Crippen LogP contribution in [0.25, 0.3) is 0 Å². The molecule has 0 radical (unpaired) electrons. The lowest BCUT2D eigenvalue weighted by Crippen LogP contribution is -2.34. The highest BCUT2D eigenvalue weighted by Crippen LogP contribution is 2.31. The highest BCUT2D eigenvalue weighted by molar-refractivity contribution is 7.15. The van der Waals surface area contributed by atoms with Crippen molar-refractivity contribution in [3.05, 3.63) is 10.6 Å². The van der Waals surface area contributed by atoms with Crippen molar-refractivity contribution in [2.45, 2.75) is 40.3 Å². The standard InChI is InChI=1S/C16H30N4S/c1-11(2)7-17-8-15-13(4)18-16(21-15)20-9-12(3)14(10-20)19(5)6/h11-12,14,17H,7-10H2,1-6H3. The fraction of sp³-hybridized carbons (Fsp3) is 0.812. The van der Waals surface area contributed by atoms with Gasteiger partial charge in [-0.05, 0) is 39.4 Å². The van der Waals surface area contributed by atoms with Gasteiger partial charge in [0.25, 0.3) is 0 Å². The monoisotopic (exact) mass is 310 g/mol. The number of thiazole rings is 1. The Morgan fingerprint density at radius 3 is 2.67 bits per heavy atom. The molecule has 1 aromatic rings. The second kappa shape index (κ2) is 7.07. The Morgan fingerprint density at radius 2 is 2.10 bits per heavy atom. The van der Waals surface area contributed by atoms with E-state index in [2.05, 4.69) is 56.9 Å². The quantitative estimate of drug-likeness (QED) is 0.875. The number of aromatic nitrogens is 1. The van der Waals surface area contributed by atoms with Gasteiger partial charge in [0, 0.05) is 30.6 Å². The molecule has 0 spiro atoms. The predicted octanol–water partition coefficient (Wildman–Crippen LogP) is 2.58. The molecule has 1 aromatic heterocycles. The number of aryl methyl sites for hydroxylation is 1. The second-order valence-corrected chi connectivity index (χ2v) is 8.01. The summed E-state index contributed by atoms with van der Waals surface area (Å²) in [5.41, 5.74) is 1.19. The van der Waals surface area contributed by atoms with Crippen molar-refractivity contribution in [1.29, 1.82) is 0 Å². The molecule has 0 saturated carbocycles. The van der Waals surface area contributed by atoms with E-state index in [1.165, 1.54) is 15.7 Å². The van der Waals surface area contributed by atoms with Crippen molar-refractivity contribution < 1.29 is 0 Å². The van der Waals surface area contributed by atoms with Gasteiger partial charge in [0.15, 0.2) is 5.13 Å². The van der Waals surface area contributed by atoms with Crippen LogP contribution in [0.3, 0.4) is 0 Å². The van der Waals surface area contributed by atoms with Crippen LogP contribution in [0.1, 0.15) is 31.3 Å². The Bertz CT molecular complexity index is 455. The molecule has 1 aliphatic heterocycles. The third kappa shape index (κ3) is 4.18. The van der Waals surface area contributed by atoms with Gasteiger partial charge in [0.05, 0.1) is 5.69 Å². The first-order valence-corrected chi connectivity index (χ1v) is 8.78. The first-order chi connectivity index (χ1) is 9.88. The van der Waals surface area contributed by atoms with Crippen LogP contribution in [-0.2, 0) is 6.54 Å². The van der Waals surface area contributed by atoms with Gasteiger partial charge in [0.2, 0.25) is 0 Å². The largest absolute Gasteiger partial charge is 0.346 e. The van der Waals surface area contributed by atoms with Crippen LogP contribution in [0.2, 0.25) is 0 Å². The molecular weight excluding hydrogens is 280 g/mol. The average Bonchev–Trinajstić information content (AvgIpc) is 2.93. The number of likely N-dealkylation sites (N-methyl/N-ethyl adjacent to an activating group) is 1. The highest BCUT2D eigenvalue weighted by Gasteiger charge is 2.32. The van der Waals surface area contributed by atoms with Gasteiger partial charge in [-0.3, -0.25) is 0 Å². The second-order valence-electron chi connectivity index (χ2n) is 6.94. The van der Waals surface area contributed by atoms with Crippen LogP contribution in [0.5, 0.6) is 0 Å². The molecule has 4 nitrogen and oxygen atoms in total. The Kier molecular flexibility index (Phi) is 5.63. The summed E-state index contributed by atoms with van der Waals surface area (Å²) in [7, 11) is 4.36. The highest BCUT2D eigenvalue weighted by atomic mass is 32.1. The zero-order chi connectivity index (χ0) is 15.6. The summed E-state index contributed by atoms with van der Waals surface area (Å²) in [4.78, 5) is 11.0. The van der Waals surface area contributed by atoms with Gasteiger partial charge in [-0.1, -0.05) is 20.8 Å². The van der Waals surface area contributed by atoms with E-state index in [4.69, 9.17) is 4.98 Å². The minimum absolute atomic E-state index is 0.636. The Hall–Kier alpha value is -0.650. The Labute approximate surface area is 133 Å². The minimum Gasteiger partial charge on any atom is -0.346 e. The van der Waals surface area contributed by atoms with Gasteiger partial charge < -0.3 is 15.1 Å². The van der Waals surface area contributed by atoms with Gasteiger partial charge in [-0.2, -0.15) is 0 Å². The number of nitrogens with one attached hydrogen (secondary N) is 1. The summed E-state index contributed by atoms with van der Waals surface area (Å²) in [5.74, 6) is 1.39. The lowest BCUT2D eigenvalue weighted by Gasteiger charge is -2.22. The molecule has 5 heteroatoms. The maximum absolute atomic E-state index is 4.80. The van der Waals surface area contributed by atoms with E-state index in [9.17, 15) is 0 Å². The zero-order valence-corrected chi connectivity index (χ0v) is 15.1. The topological polar surface area (TPSA) is 31.4 Å². The summed E-state index contributed by atoms with van der Waals surface area (Å²) >= 11 is 1.86. The summed E-state index contributed by atoms with van der Waals surface area (Å²) in [6.45, 7) is 13.2. The van der Waals surface area contributed by atoms with Gasteiger partial charge >= 0.3 is 0 Å². The molecule has 1 fully saturated rings. The molecule has 2 heterocycles. The number of hydrogen-bond donors (Lipinski definition) is 1. The van der Waals surface area contributed by atoms with E-state index in [0.717, 1.165) is 26.2 Å². The zero-order valence-electron chi connectivity index (χ0n) is 14.3. The van der Waals surface area contributed by atoms with Crippen LogP contribution in [-0.4, -0.2) is 49.7 Å². The Morgan fingerprint density at radius 1 is 1.38 bits per heavy atom. The third-order valence-electron chi connectivity index (χ3n) is 4.23. The summed E-state index contributed by atoms with van der Waals surface area (Å²) in [6.07, 6.45) is 0. The van der Waals surface area contributed by atoms with Crippen molar-refractivity contribution in [3.8, 4) is 0 Å². The van der Waals surface area contributed by atoms with Crippen molar-refractivity contribution >= 4 is 16.5 Å². The summed E-state index contributed by atoms with van der Waals surface area (Å²) in [5, 5.41) is 4.72. The van der Waals surface area contributed by atoms with Crippen LogP contribution >= 0.6 is 11.3 Å². The normalized spacial score (nSPS) is 22.8. The molecular formula is C16H30N4S. The van der Waals surface area contributed by atoms with E-state index < -0.39 is 0 Å². The molecule has 1 aliphatic rings. The summed E-state index contributed by atoms with van der Waals surface area (Å²) < 4.78 is 0. The summed E-state index contributed by atoms with van der Waals surface area (Å²) in [6, 6.07) is 0.636. The fourth-order valence-electron chi connectivity index (χ4n) is 2.96. The van der Waals surface area contributed by atoms with Crippen LogP contribution in [0.15, 0.2) is 0 Å². The van der Waals surface area contributed by atoms with Gasteiger partial charge in [-0.25, -0.2) is 4.98 Å². The number of hydrogen-bond acceptors (Lipinski definition) is 5. The van der Waals surface area contributed by atoms with Crippen LogP contribution in [0, 0.1) is 18.8 Å². The van der Waals surface area contributed by atoms with Gasteiger partial charge in [0.1, 0.15) is 0 Å². The molecule has 2 atom stereocenters. The molecule has 1 saturated heterocycles. The number of anilines is 1. The fourth-order valence-corrected chi connectivity index (χ4v) is 4.01. The molecule has 0 aromatic carbocycles. The molecule has 0 amide bonds. The van der Waals surface area contributed by atoms with Crippen molar-refractivity contribution in [2.75, 3.05) is 38.6 Å². The molecule has 21 heavy (non-hydrogen) atoms. The lowest BCUT2D eigenvalue weighted by molar-refractivity contribution is 0.266. The van der Waals surface area contributed by atoms with E-state index >= 15 is 0 Å². The maximum atomic E-state index is 4.80. The van der Waals surface area contributed by atoms with Crippen LogP contribution < -0.4 is 10.2 Å². The SMILES string of the molecule is Cc1nc(N2CC(C)C(N(C)C)C2)sc1CNCC(C)C. The van der Waals surface area contributed by atoms with E-state index in [1.54, 1.807) is 0 Å². The molecule has 1 N–H and O–H groups in total. The molecule has 120 valence electrons. The number of nitrogens with zero attached hydrogens (tertiary/aromatic N) is 3. The molecule has 0 aliphatic carbocycles. The van der Waals surface area contributed by atoms with E-state index in [-0.39, 0.29) is 0 Å². The maximum Gasteiger partial charge on any atom is 0.185 e. The van der Waals surface area contributed by atoms with Crippen molar-refractivity contribution in [3.63, 3.8) is 0 Å². The van der Waals surface area contributed by atoms with Gasteiger partial charge in [-0.15, -0.1) is 11.3 Å². The van der Waals surface area contributed by atoms with E-state index in [1.807, 2.05) is 11.3 Å². The van der Waals surface area contributed by atoms with Crippen LogP contribution in [0.4, 0.5) is 5.13 Å². The minimum atomic E-state index is 0.636. The average molecular weight is 311 g/mol. The predicted molar refractivity (Wildman–Crippen MR) is 92.2 cm³/mol. The first kappa shape index (κ1) is 16.7. The Balaban J connectivity index is 1.99. The molecule has 2 rings (SSSR count). The molecule has 2 unspecified atom stereocenters.